The van der Waals surface area contributed by atoms with Crippen molar-refractivity contribution >= 4 is 0 Å². The van der Waals surface area contributed by atoms with Crippen molar-refractivity contribution in [3.8, 4) is 11.5 Å². The summed E-state index contributed by atoms with van der Waals surface area (Å²) in [6.07, 6.45) is 6.28. The number of rotatable bonds is 7. The van der Waals surface area contributed by atoms with Gasteiger partial charge in [-0.3, -0.25) is 4.90 Å². The molecule has 0 radical (unpaired) electrons. The summed E-state index contributed by atoms with van der Waals surface area (Å²) < 4.78 is 17.3. The third kappa shape index (κ3) is 4.50. The molecule has 2 bridgehead atoms. The van der Waals surface area contributed by atoms with Gasteiger partial charge in [-0.25, -0.2) is 0 Å². The fraction of sp³-hybridized carbons (Fsp3) is 0.500. The van der Waals surface area contributed by atoms with Crippen LogP contribution in [0, 0.1) is 6.92 Å². The quantitative estimate of drug-likeness (QED) is 0.636. The molecule has 2 saturated heterocycles. The summed E-state index contributed by atoms with van der Waals surface area (Å²) in [6, 6.07) is 18.2. The van der Waals surface area contributed by atoms with Gasteiger partial charge in [0, 0.05) is 25.7 Å². The van der Waals surface area contributed by atoms with Gasteiger partial charge in [0.2, 0.25) is 0 Å². The molecule has 0 amide bonds. The first kappa shape index (κ1) is 19.3. The molecule has 4 rings (SSSR count). The van der Waals surface area contributed by atoms with Crippen molar-refractivity contribution in [3.63, 3.8) is 0 Å². The zero-order valence-corrected chi connectivity index (χ0v) is 17.0. The van der Waals surface area contributed by atoms with Crippen molar-refractivity contribution in [3.05, 3.63) is 59.7 Å². The highest BCUT2D eigenvalue weighted by molar-refractivity contribution is 5.42. The molecule has 0 N–H and O–H groups in total. The second-order valence-corrected chi connectivity index (χ2v) is 8.11. The predicted octanol–water partition coefficient (Wildman–Crippen LogP) is 4.94. The van der Waals surface area contributed by atoms with Crippen LogP contribution in [0.1, 0.15) is 43.2 Å². The van der Waals surface area contributed by atoms with E-state index in [-0.39, 0.29) is 12.9 Å². The Hall–Kier alpha value is -2.04. The van der Waals surface area contributed by atoms with Gasteiger partial charge in [-0.15, -0.1) is 0 Å². The van der Waals surface area contributed by atoms with Gasteiger partial charge in [0.15, 0.2) is 18.3 Å². The summed E-state index contributed by atoms with van der Waals surface area (Å²) in [5, 5.41) is 0. The topological polar surface area (TPSA) is 30.9 Å². The molecule has 3 atom stereocenters. The van der Waals surface area contributed by atoms with Gasteiger partial charge in [-0.1, -0.05) is 42.8 Å². The minimum atomic E-state index is 0.237. The molecule has 2 fully saturated rings. The lowest BCUT2D eigenvalue weighted by Crippen LogP contribution is -2.53. The molecule has 2 aromatic carbocycles. The van der Waals surface area contributed by atoms with Crippen molar-refractivity contribution in [2.45, 2.75) is 63.8 Å². The van der Waals surface area contributed by atoms with Crippen LogP contribution in [-0.4, -0.2) is 37.0 Å². The SMILES string of the molecule is COCOc1cc(C)ccc1OC1C[C@H]2CCC[C@@H](C1)N2Cc1ccccc1. The van der Waals surface area contributed by atoms with Gasteiger partial charge < -0.3 is 14.2 Å². The lowest BCUT2D eigenvalue weighted by Gasteiger charge is -2.48. The largest absolute Gasteiger partial charge is 0.486 e. The van der Waals surface area contributed by atoms with E-state index in [9.17, 15) is 0 Å². The molecule has 4 heteroatoms. The number of hydrogen-bond acceptors (Lipinski definition) is 4. The number of piperidine rings is 2. The highest BCUT2D eigenvalue weighted by Crippen LogP contribution is 2.38. The van der Waals surface area contributed by atoms with Crippen molar-refractivity contribution in [1.82, 2.24) is 4.90 Å². The van der Waals surface area contributed by atoms with Crippen LogP contribution >= 0.6 is 0 Å². The molecule has 28 heavy (non-hydrogen) atoms. The molecule has 0 spiro atoms. The van der Waals surface area contributed by atoms with Crippen LogP contribution in [0.2, 0.25) is 0 Å². The van der Waals surface area contributed by atoms with Crippen LogP contribution in [0.15, 0.2) is 48.5 Å². The van der Waals surface area contributed by atoms with Gasteiger partial charge in [-0.2, -0.15) is 0 Å². The summed E-state index contributed by atoms with van der Waals surface area (Å²) >= 11 is 0. The summed E-state index contributed by atoms with van der Waals surface area (Å²) in [5.74, 6) is 1.61. The van der Waals surface area contributed by atoms with Gasteiger partial charge >= 0.3 is 0 Å². The predicted molar refractivity (Wildman–Crippen MR) is 111 cm³/mol. The normalized spacial score (nSPS) is 24.7. The Bertz CT molecular complexity index is 750. The molecule has 4 nitrogen and oxygen atoms in total. The zero-order chi connectivity index (χ0) is 19.3. The number of fused-ring (bicyclic) bond motifs is 2. The Morgan fingerprint density at radius 3 is 2.43 bits per heavy atom. The van der Waals surface area contributed by atoms with E-state index in [4.69, 9.17) is 14.2 Å². The Morgan fingerprint density at radius 1 is 0.964 bits per heavy atom. The van der Waals surface area contributed by atoms with E-state index < -0.39 is 0 Å². The number of methoxy groups -OCH3 is 1. The molecule has 2 aromatic rings. The van der Waals surface area contributed by atoms with E-state index in [1.165, 1.54) is 24.8 Å². The van der Waals surface area contributed by atoms with Crippen molar-refractivity contribution in [1.29, 1.82) is 0 Å². The van der Waals surface area contributed by atoms with E-state index >= 15 is 0 Å². The standard InChI is InChI=1S/C24H31NO3/c1-18-11-12-23(24(13-18)27-17-26-2)28-22-14-20-9-6-10-21(15-22)25(20)16-19-7-4-3-5-8-19/h3-5,7-8,11-13,20-22H,6,9-10,14-17H2,1-2H3/t20-,21+,22?. The van der Waals surface area contributed by atoms with Gasteiger partial charge in [0.25, 0.3) is 0 Å². The first-order valence-electron chi connectivity index (χ1n) is 10.4. The minimum absolute atomic E-state index is 0.237. The average molecular weight is 382 g/mol. The average Bonchev–Trinajstić information content (AvgIpc) is 2.69. The van der Waals surface area contributed by atoms with E-state index in [1.54, 1.807) is 7.11 Å². The molecule has 1 unspecified atom stereocenters. The minimum Gasteiger partial charge on any atom is -0.486 e. The molecule has 2 heterocycles. The molecule has 150 valence electrons. The van der Waals surface area contributed by atoms with E-state index in [1.807, 2.05) is 12.1 Å². The second-order valence-electron chi connectivity index (χ2n) is 8.11. The van der Waals surface area contributed by atoms with Gasteiger partial charge in [-0.05, 0) is 55.9 Å². The number of aryl methyl sites for hydroxylation is 1. The molecular weight excluding hydrogens is 350 g/mol. The van der Waals surface area contributed by atoms with Crippen LogP contribution < -0.4 is 9.47 Å². The smallest absolute Gasteiger partial charge is 0.188 e. The van der Waals surface area contributed by atoms with Crippen LogP contribution in [0.25, 0.3) is 0 Å². The van der Waals surface area contributed by atoms with E-state index in [0.717, 1.165) is 36.4 Å². The Balaban J connectivity index is 1.44. The van der Waals surface area contributed by atoms with Gasteiger partial charge in [0.05, 0.1) is 0 Å². The van der Waals surface area contributed by atoms with E-state index in [0.29, 0.717) is 12.1 Å². The van der Waals surface area contributed by atoms with Crippen LogP contribution in [0.5, 0.6) is 11.5 Å². The first-order chi connectivity index (χ1) is 13.7. The lowest BCUT2D eigenvalue weighted by molar-refractivity contribution is -0.0240. The van der Waals surface area contributed by atoms with Crippen LogP contribution in [-0.2, 0) is 11.3 Å². The molecule has 2 aliphatic heterocycles. The molecular formula is C24H31NO3. The summed E-state index contributed by atoms with van der Waals surface area (Å²) in [4.78, 5) is 2.72. The van der Waals surface area contributed by atoms with E-state index in [2.05, 4.69) is 48.2 Å². The van der Waals surface area contributed by atoms with Crippen molar-refractivity contribution < 1.29 is 14.2 Å². The highest BCUT2D eigenvalue weighted by atomic mass is 16.7. The zero-order valence-electron chi connectivity index (χ0n) is 17.0. The Kier molecular flexibility index (Phi) is 6.18. The van der Waals surface area contributed by atoms with Gasteiger partial charge in [0.1, 0.15) is 6.10 Å². The van der Waals surface area contributed by atoms with Crippen LogP contribution in [0.3, 0.4) is 0 Å². The van der Waals surface area contributed by atoms with Crippen LogP contribution in [0.4, 0.5) is 0 Å². The first-order valence-corrected chi connectivity index (χ1v) is 10.4. The lowest BCUT2D eigenvalue weighted by atomic mass is 9.82. The summed E-state index contributed by atoms with van der Waals surface area (Å²) in [6.45, 7) is 3.35. The number of ether oxygens (including phenoxy) is 3. The maximum atomic E-state index is 6.47. The maximum Gasteiger partial charge on any atom is 0.188 e. The molecule has 0 aliphatic carbocycles. The monoisotopic (exact) mass is 381 g/mol. The number of nitrogens with zero attached hydrogens (tertiary/aromatic N) is 1. The summed E-state index contributed by atoms with van der Waals surface area (Å²) in [5.41, 5.74) is 2.57. The maximum absolute atomic E-state index is 6.47. The summed E-state index contributed by atoms with van der Waals surface area (Å²) in [7, 11) is 1.64. The number of hydrogen-bond donors (Lipinski definition) is 0. The third-order valence-corrected chi connectivity index (χ3v) is 6.02. The Morgan fingerprint density at radius 2 is 1.71 bits per heavy atom. The van der Waals surface area contributed by atoms with Crippen molar-refractivity contribution in [2.75, 3.05) is 13.9 Å². The molecule has 2 aliphatic rings. The molecule has 0 saturated carbocycles. The number of benzene rings is 2. The molecule has 0 aromatic heterocycles. The fourth-order valence-electron chi connectivity index (χ4n) is 4.70. The fourth-order valence-corrected chi connectivity index (χ4v) is 4.70. The van der Waals surface area contributed by atoms with Crippen molar-refractivity contribution in [2.24, 2.45) is 0 Å². The second kappa shape index (κ2) is 8.97. The Labute approximate surface area is 168 Å². The third-order valence-electron chi connectivity index (χ3n) is 6.02. The highest BCUT2D eigenvalue weighted by Gasteiger charge is 2.39.